The zero-order valence-electron chi connectivity index (χ0n) is 14.7. The number of fused-ring (bicyclic) bond motifs is 2. The number of hydrogen-bond donors (Lipinski definition) is 1. The van der Waals surface area contributed by atoms with E-state index in [4.69, 9.17) is 4.74 Å². The van der Waals surface area contributed by atoms with Crippen LogP contribution in [0.4, 0.5) is 5.69 Å². The number of amides is 2. The summed E-state index contributed by atoms with van der Waals surface area (Å²) in [5.74, 6) is -0.693. The molecule has 138 valence electrons. The molecule has 4 rings (SSSR count). The number of ether oxygens (including phenoxy) is 1. The molecule has 2 amide bonds. The molecule has 0 bridgehead atoms. The fourth-order valence-corrected chi connectivity index (χ4v) is 4.59. The summed E-state index contributed by atoms with van der Waals surface area (Å²) in [6.07, 6.45) is 1.70. The fraction of sp³-hybridized carbons (Fsp3) is 0.526. The van der Waals surface area contributed by atoms with Crippen molar-refractivity contribution in [2.24, 2.45) is 11.3 Å². The minimum Gasteiger partial charge on any atom is -0.481 e. The Balaban J connectivity index is 1.54. The molecule has 3 atom stereocenters. The third-order valence-corrected chi connectivity index (χ3v) is 6.02. The van der Waals surface area contributed by atoms with Crippen molar-refractivity contribution in [2.75, 3.05) is 24.5 Å². The van der Waals surface area contributed by atoms with Crippen LogP contribution in [0.3, 0.4) is 0 Å². The first-order valence-corrected chi connectivity index (χ1v) is 9.00. The number of para-hydroxylation sites is 2. The van der Waals surface area contributed by atoms with Crippen molar-refractivity contribution in [3.05, 3.63) is 24.3 Å². The average molecular weight is 358 g/mol. The van der Waals surface area contributed by atoms with Crippen LogP contribution < -0.4 is 9.64 Å². The number of likely N-dealkylation sites (tertiary alicyclic amines) is 1. The van der Waals surface area contributed by atoms with E-state index in [9.17, 15) is 19.5 Å². The third-order valence-electron chi connectivity index (χ3n) is 6.02. The van der Waals surface area contributed by atoms with Crippen molar-refractivity contribution in [2.45, 2.75) is 32.3 Å². The molecule has 0 aromatic heterocycles. The standard InChI is InChI=1S/C19H22N2O5/c1-12-17(23)21(14-6-2-3-7-15(14)26-12)10-16(22)20-9-13-5-4-8-19(13,11-20)18(24)25/h2-3,6-7,12-13H,4-5,8-11H2,1H3,(H,24,25)/t12?,13-,19+/m0/s1. The number of aliphatic carboxylic acids is 1. The normalized spacial score (nSPS) is 30.0. The summed E-state index contributed by atoms with van der Waals surface area (Å²) in [4.78, 5) is 40.3. The quantitative estimate of drug-likeness (QED) is 0.885. The SMILES string of the molecule is CC1Oc2ccccc2N(CC(=O)N2C[C@@H]3CCC[C@@]3(C(=O)O)C2)C1=O. The van der Waals surface area contributed by atoms with Crippen LogP contribution in [0.1, 0.15) is 26.2 Å². The van der Waals surface area contributed by atoms with E-state index in [0.717, 1.165) is 12.8 Å². The van der Waals surface area contributed by atoms with Gasteiger partial charge in [-0.1, -0.05) is 18.6 Å². The maximum Gasteiger partial charge on any atom is 0.311 e. The van der Waals surface area contributed by atoms with Crippen LogP contribution in [-0.4, -0.2) is 53.5 Å². The largest absolute Gasteiger partial charge is 0.481 e. The first-order valence-electron chi connectivity index (χ1n) is 9.00. The Morgan fingerprint density at radius 2 is 2.12 bits per heavy atom. The zero-order valence-corrected chi connectivity index (χ0v) is 14.7. The Bertz CT molecular complexity index is 779. The van der Waals surface area contributed by atoms with Crippen LogP contribution in [0.25, 0.3) is 0 Å². The molecule has 2 aliphatic heterocycles. The Hall–Kier alpha value is -2.57. The molecular weight excluding hydrogens is 336 g/mol. The molecular formula is C19H22N2O5. The summed E-state index contributed by atoms with van der Waals surface area (Å²) >= 11 is 0. The van der Waals surface area contributed by atoms with Crippen LogP contribution >= 0.6 is 0 Å². The van der Waals surface area contributed by atoms with Crippen molar-refractivity contribution in [1.29, 1.82) is 0 Å². The first-order chi connectivity index (χ1) is 12.4. The lowest BCUT2D eigenvalue weighted by molar-refractivity contribution is -0.149. The van der Waals surface area contributed by atoms with E-state index in [1.165, 1.54) is 4.90 Å². The van der Waals surface area contributed by atoms with Crippen molar-refractivity contribution in [3.63, 3.8) is 0 Å². The van der Waals surface area contributed by atoms with E-state index in [1.54, 1.807) is 30.0 Å². The van der Waals surface area contributed by atoms with E-state index in [-0.39, 0.29) is 30.8 Å². The maximum absolute atomic E-state index is 12.9. The highest BCUT2D eigenvalue weighted by Crippen LogP contribution is 2.49. The molecule has 2 fully saturated rings. The minimum atomic E-state index is -0.810. The number of carboxylic acid groups (broad SMARTS) is 1. The summed E-state index contributed by atoms with van der Waals surface area (Å²) in [5, 5.41) is 9.68. The number of anilines is 1. The molecule has 1 aliphatic carbocycles. The van der Waals surface area contributed by atoms with E-state index >= 15 is 0 Å². The van der Waals surface area contributed by atoms with Crippen molar-refractivity contribution in [1.82, 2.24) is 4.90 Å². The number of nitrogens with zero attached hydrogens (tertiary/aromatic N) is 2. The highest BCUT2D eigenvalue weighted by molar-refractivity contribution is 6.03. The summed E-state index contributed by atoms with van der Waals surface area (Å²) < 4.78 is 5.60. The topological polar surface area (TPSA) is 87.2 Å². The van der Waals surface area contributed by atoms with E-state index in [0.29, 0.717) is 24.4 Å². The monoisotopic (exact) mass is 358 g/mol. The van der Waals surface area contributed by atoms with Crippen LogP contribution in [0.2, 0.25) is 0 Å². The molecule has 1 saturated carbocycles. The Morgan fingerprint density at radius 1 is 1.35 bits per heavy atom. The van der Waals surface area contributed by atoms with Gasteiger partial charge < -0.3 is 14.7 Å². The van der Waals surface area contributed by atoms with Gasteiger partial charge in [0.25, 0.3) is 5.91 Å². The van der Waals surface area contributed by atoms with Gasteiger partial charge in [-0.15, -0.1) is 0 Å². The third kappa shape index (κ3) is 2.45. The number of rotatable bonds is 3. The number of carboxylic acids is 1. The molecule has 1 N–H and O–H groups in total. The van der Waals surface area contributed by atoms with Crippen LogP contribution in [0, 0.1) is 11.3 Å². The molecule has 1 aromatic carbocycles. The number of hydrogen-bond acceptors (Lipinski definition) is 4. The predicted molar refractivity (Wildman–Crippen MR) is 92.9 cm³/mol. The maximum atomic E-state index is 12.9. The summed E-state index contributed by atoms with van der Waals surface area (Å²) in [6.45, 7) is 2.27. The number of carbonyl (C=O) groups is 3. The number of carbonyl (C=O) groups excluding carboxylic acids is 2. The van der Waals surface area contributed by atoms with Gasteiger partial charge in [-0.2, -0.15) is 0 Å². The van der Waals surface area contributed by atoms with Gasteiger partial charge in [0.15, 0.2) is 6.10 Å². The van der Waals surface area contributed by atoms with Gasteiger partial charge in [-0.3, -0.25) is 19.3 Å². The zero-order chi connectivity index (χ0) is 18.5. The molecule has 1 aromatic rings. The van der Waals surface area contributed by atoms with Gasteiger partial charge in [0.1, 0.15) is 12.3 Å². The average Bonchev–Trinajstić information content (AvgIpc) is 3.17. The second-order valence-electron chi connectivity index (χ2n) is 7.48. The highest BCUT2D eigenvalue weighted by atomic mass is 16.5. The molecule has 1 saturated heterocycles. The Morgan fingerprint density at radius 3 is 2.85 bits per heavy atom. The smallest absolute Gasteiger partial charge is 0.311 e. The van der Waals surface area contributed by atoms with Crippen molar-refractivity contribution in [3.8, 4) is 5.75 Å². The van der Waals surface area contributed by atoms with Gasteiger partial charge in [0.05, 0.1) is 11.1 Å². The second-order valence-corrected chi connectivity index (χ2v) is 7.48. The van der Waals surface area contributed by atoms with Crippen molar-refractivity contribution < 1.29 is 24.2 Å². The predicted octanol–water partition coefficient (Wildman–Crippen LogP) is 1.51. The van der Waals surface area contributed by atoms with E-state index in [1.807, 2.05) is 6.07 Å². The Kier molecular flexibility index (Phi) is 3.89. The summed E-state index contributed by atoms with van der Waals surface area (Å²) in [6, 6.07) is 7.14. The van der Waals surface area contributed by atoms with Crippen molar-refractivity contribution >= 4 is 23.5 Å². The molecule has 1 unspecified atom stereocenters. The first kappa shape index (κ1) is 16.9. The lowest BCUT2D eigenvalue weighted by Gasteiger charge is -2.33. The van der Waals surface area contributed by atoms with Gasteiger partial charge in [-0.25, -0.2) is 0 Å². The summed E-state index contributed by atoms with van der Waals surface area (Å²) in [7, 11) is 0. The second kappa shape index (κ2) is 6.00. The lowest BCUT2D eigenvalue weighted by atomic mass is 9.81. The fourth-order valence-electron chi connectivity index (χ4n) is 4.59. The van der Waals surface area contributed by atoms with Gasteiger partial charge in [0, 0.05) is 13.1 Å². The Labute approximate surface area is 151 Å². The van der Waals surface area contributed by atoms with E-state index < -0.39 is 17.5 Å². The van der Waals surface area contributed by atoms with Crippen LogP contribution in [0.5, 0.6) is 5.75 Å². The molecule has 7 heteroatoms. The van der Waals surface area contributed by atoms with E-state index in [2.05, 4.69) is 0 Å². The minimum absolute atomic E-state index is 0.00977. The van der Waals surface area contributed by atoms with Gasteiger partial charge in [-0.05, 0) is 37.8 Å². The number of benzene rings is 1. The molecule has 2 heterocycles. The molecule has 7 nitrogen and oxygen atoms in total. The molecule has 3 aliphatic rings. The van der Waals surface area contributed by atoms with Gasteiger partial charge in [0.2, 0.25) is 5.91 Å². The summed E-state index contributed by atoms with van der Waals surface area (Å²) in [5.41, 5.74) is -0.230. The molecule has 0 spiro atoms. The molecule has 26 heavy (non-hydrogen) atoms. The lowest BCUT2D eigenvalue weighted by Crippen LogP contribution is -2.49. The molecule has 0 radical (unpaired) electrons. The van der Waals surface area contributed by atoms with Crippen LogP contribution in [-0.2, 0) is 14.4 Å². The highest BCUT2D eigenvalue weighted by Gasteiger charge is 2.55. The van der Waals surface area contributed by atoms with Gasteiger partial charge >= 0.3 is 5.97 Å². The van der Waals surface area contributed by atoms with Crippen LogP contribution in [0.15, 0.2) is 24.3 Å².